The van der Waals surface area contributed by atoms with Crippen LogP contribution in [0, 0.1) is 0 Å². The van der Waals surface area contributed by atoms with E-state index in [-0.39, 0.29) is 5.56 Å². The van der Waals surface area contributed by atoms with Gasteiger partial charge in [-0.2, -0.15) is 0 Å². The number of ether oxygens (including phenoxy) is 1. The molecule has 1 aromatic carbocycles. The highest BCUT2D eigenvalue weighted by Gasteiger charge is 1.97. The zero-order valence-corrected chi connectivity index (χ0v) is 9.00. The van der Waals surface area contributed by atoms with E-state index in [0.717, 1.165) is 5.56 Å². The van der Waals surface area contributed by atoms with Crippen LogP contribution in [0.5, 0.6) is 5.75 Å². The lowest BCUT2D eigenvalue weighted by Gasteiger charge is -2.07. The first-order chi connectivity index (χ1) is 8.25. The molecule has 17 heavy (non-hydrogen) atoms. The van der Waals surface area contributed by atoms with Gasteiger partial charge in [-0.05, 0) is 35.9 Å². The number of benzene rings is 1. The lowest BCUT2D eigenvalue weighted by atomic mass is 10.2. The number of carbonyl (C=O) groups is 1. The van der Waals surface area contributed by atoms with Gasteiger partial charge in [0.1, 0.15) is 12.4 Å². The quantitative estimate of drug-likeness (QED) is 0.783. The minimum atomic E-state index is -1.19. The lowest BCUT2D eigenvalue weighted by molar-refractivity contribution is -0.255. The molecule has 0 fully saturated rings. The molecule has 0 aliphatic heterocycles. The zero-order valence-electron chi connectivity index (χ0n) is 9.00. The van der Waals surface area contributed by atoms with Gasteiger partial charge in [-0.3, -0.25) is 4.98 Å². The standard InChI is InChI=1S/C13H11NO3/c15-13(16)11-3-5-12(6-4-11)17-9-10-2-1-7-14-8-10/h1-8H,9H2,(H,15,16)/p-1. The fraction of sp³-hybridized carbons (Fsp3) is 0.0769. The van der Waals surface area contributed by atoms with Crippen LogP contribution in [-0.2, 0) is 6.61 Å². The Labute approximate surface area is 98.5 Å². The van der Waals surface area contributed by atoms with Crippen molar-refractivity contribution in [3.63, 3.8) is 0 Å². The Morgan fingerprint density at radius 3 is 2.59 bits per heavy atom. The number of carboxylic acid groups (broad SMARTS) is 1. The molecule has 0 radical (unpaired) electrons. The van der Waals surface area contributed by atoms with E-state index < -0.39 is 5.97 Å². The third-order valence-electron chi connectivity index (χ3n) is 2.22. The molecule has 0 N–H and O–H groups in total. The van der Waals surface area contributed by atoms with Gasteiger partial charge in [0.05, 0.1) is 5.97 Å². The molecule has 4 heteroatoms. The van der Waals surface area contributed by atoms with E-state index in [2.05, 4.69) is 4.98 Å². The summed E-state index contributed by atoms with van der Waals surface area (Å²) in [6.45, 7) is 0.401. The summed E-state index contributed by atoms with van der Waals surface area (Å²) >= 11 is 0. The number of hydrogen-bond donors (Lipinski definition) is 0. The lowest BCUT2D eigenvalue weighted by Crippen LogP contribution is -2.21. The molecule has 0 aliphatic carbocycles. The van der Waals surface area contributed by atoms with Gasteiger partial charge in [0, 0.05) is 18.0 Å². The normalized spacial score (nSPS) is 9.88. The molecule has 1 heterocycles. The van der Waals surface area contributed by atoms with E-state index in [0.29, 0.717) is 12.4 Å². The van der Waals surface area contributed by atoms with E-state index in [9.17, 15) is 9.90 Å². The summed E-state index contributed by atoms with van der Waals surface area (Å²) in [4.78, 5) is 14.5. The Kier molecular flexibility index (Phi) is 3.35. The molecule has 1 aromatic heterocycles. The maximum atomic E-state index is 10.5. The smallest absolute Gasteiger partial charge is 0.119 e. The monoisotopic (exact) mass is 228 g/mol. The molecular weight excluding hydrogens is 218 g/mol. The SMILES string of the molecule is O=C([O-])c1ccc(OCc2cccnc2)cc1. The van der Waals surface area contributed by atoms with Gasteiger partial charge in [0.2, 0.25) is 0 Å². The predicted molar refractivity (Wildman–Crippen MR) is 59.3 cm³/mol. The van der Waals surface area contributed by atoms with Crippen molar-refractivity contribution in [2.75, 3.05) is 0 Å². The van der Waals surface area contributed by atoms with Crippen LogP contribution in [0.1, 0.15) is 15.9 Å². The summed E-state index contributed by atoms with van der Waals surface area (Å²) in [5, 5.41) is 10.5. The zero-order chi connectivity index (χ0) is 12.1. The Morgan fingerprint density at radius 1 is 1.24 bits per heavy atom. The topological polar surface area (TPSA) is 62.2 Å². The molecular formula is C13H10NO3-. The minimum absolute atomic E-state index is 0.138. The van der Waals surface area contributed by atoms with Crippen LogP contribution >= 0.6 is 0 Å². The van der Waals surface area contributed by atoms with Gasteiger partial charge >= 0.3 is 0 Å². The van der Waals surface area contributed by atoms with E-state index >= 15 is 0 Å². The maximum Gasteiger partial charge on any atom is 0.119 e. The van der Waals surface area contributed by atoms with Crippen LogP contribution in [0.3, 0.4) is 0 Å². The summed E-state index contributed by atoms with van der Waals surface area (Å²) in [6, 6.07) is 9.84. The van der Waals surface area contributed by atoms with E-state index in [1.165, 1.54) is 12.1 Å². The number of carbonyl (C=O) groups excluding carboxylic acids is 1. The van der Waals surface area contributed by atoms with Crippen molar-refractivity contribution in [3.8, 4) is 5.75 Å². The number of aromatic nitrogens is 1. The molecule has 4 nitrogen and oxygen atoms in total. The number of aromatic carboxylic acids is 1. The third kappa shape index (κ3) is 3.04. The average Bonchev–Trinajstić information content (AvgIpc) is 2.38. The van der Waals surface area contributed by atoms with Crippen molar-refractivity contribution < 1.29 is 14.6 Å². The highest BCUT2D eigenvalue weighted by molar-refractivity contribution is 5.85. The second-order valence-corrected chi connectivity index (χ2v) is 3.46. The predicted octanol–water partition coefficient (Wildman–Crippen LogP) is 1.02. The Hall–Kier alpha value is -2.36. The van der Waals surface area contributed by atoms with Crippen molar-refractivity contribution in [3.05, 3.63) is 59.9 Å². The summed E-state index contributed by atoms with van der Waals surface area (Å²) < 4.78 is 5.47. The average molecular weight is 228 g/mol. The number of carboxylic acids is 1. The van der Waals surface area contributed by atoms with E-state index in [4.69, 9.17) is 4.74 Å². The van der Waals surface area contributed by atoms with Crippen LogP contribution in [0.15, 0.2) is 48.8 Å². The molecule has 0 bridgehead atoms. The van der Waals surface area contributed by atoms with Crippen molar-refractivity contribution in [1.82, 2.24) is 4.98 Å². The first-order valence-corrected chi connectivity index (χ1v) is 5.09. The maximum absolute atomic E-state index is 10.5. The summed E-state index contributed by atoms with van der Waals surface area (Å²) in [6.07, 6.45) is 3.41. The van der Waals surface area contributed by atoms with Crippen LogP contribution in [-0.4, -0.2) is 11.0 Å². The summed E-state index contributed by atoms with van der Waals surface area (Å²) in [5.41, 5.74) is 1.09. The van der Waals surface area contributed by atoms with Crippen LogP contribution in [0.4, 0.5) is 0 Å². The van der Waals surface area contributed by atoms with Gasteiger partial charge in [-0.1, -0.05) is 6.07 Å². The molecule has 0 saturated carbocycles. The second-order valence-electron chi connectivity index (χ2n) is 3.46. The van der Waals surface area contributed by atoms with Gasteiger partial charge in [0.25, 0.3) is 0 Å². The van der Waals surface area contributed by atoms with Crippen LogP contribution < -0.4 is 9.84 Å². The molecule has 0 saturated heterocycles. The largest absolute Gasteiger partial charge is 0.545 e. The van der Waals surface area contributed by atoms with Gasteiger partial charge in [-0.25, -0.2) is 0 Å². The number of nitrogens with zero attached hydrogens (tertiary/aromatic N) is 1. The Bertz CT molecular complexity index is 494. The Balaban J connectivity index is 1.98. The molecule has 2 aromatic rings. The second kappa shape index (κ2) is 5.12. The van der Waals surface area contributed by atoms with E-state index in [1.54, 1.807) is 24.5 Å². The molecule has 0 amide bonds. The van der Waals surface area contributed by atoms with Gasteiger partial charge < -0.3 is 14.6 Å². The molecule has 0 atom stereocenters. The highest BCUT2D eigenvalue weighted by atomic mass is 16.5. The Morgan fingerprint density at radius 2 is 2.00 bits per heavy atom. The molecule has 86 valence electrons. The van der Waals surface area contributed by atoms with Crippen molar-refractivity contribution in [2.45, 2.75) is 6.61 Å². The first-order valence-electron chi connectivity index (χ1n) is 5.09. The van der Waals surface area contributed by atoms with Crippen molar-refractivity contribution >= 4 is 5.97 Å². The van der Waals surface area contributed by atoms with Gasteiger partial charge in [-0.15, -0.1) is 0 Å². The fourth-order valence-electron chi connectivity index (χ4n) is 1.34. The number of hydrogen-bond acceptors (Lipinski definition) is 4. The number of rotatable bonds is 4. The van der Waals surface area contributed by atoms with Crippen molar-refractivity contribution in [2.24, 2.45) is 0 Å². The minimum Gasteiger partial charge on any atom is -0.545 e. The van der Waals surface area contributed by atoms with Crippen LogP contribution in [0.2, 0.25) is 0 Å². The highest BCUT2D eigenvalue weighted by Crippen LogP contribution is 2.13. The first kappa shape index (κ1) is 11.1. The summed E-state index contributed by atoms with van der Waals surface area (Å²) in [7, 11) is 0. The third-order valence-corrected chi connectivity index (χ3v) is 2.22. The van der Waals surface area contributed by atoms with E-state index in [1.807, 2.05) is 12.1 Å². The summed E-state index contributed by atoms with van der Waals surface area (Å²) in [5.74, 6) is -0.581. The molecule has 0 aliphatic rings. The molecule has 0 spiro atoms. The van der Waals surface area contributed by atoms with Gasteiger partial charge in [0.15, 0.2) is 0 Å². The fourth-order valence-corrected chi connectivity index (χ4v) is 1.34. The number of pyridine rings is 1. The van der Waals surface area contributed by atoms with Crippen LogP contribution in [0.25, 0.3) is 0 Å². The van der Waals surface area contributed by atoms with Crippen molar-refractivity contribution in [1.29, 1.82) is 0 Å². The molecule has 2 rings (SSSR count). The molecule has 0 unspecified atom stereocenters.